The predicted octanol–water partition coefficient (Wildman–Crippen LogP) is 2.01. The van der Waals surface area contributed by atoms with Gasteiger partial charge in [0.25, 0.3) is 0 Å². The van der Waals surface area contributed by atoms with Gasteiger partial charge in [0.05, 0.1) is 5.52 Å². The number of sulfonamides is 1. The molecule has 1 atom stereocenters. The SMILES string of the molecule is Cc1cnc2c(S(=O)(=O)N3CCN4CCCC4C3)cccc2c1. The Morgan fingerprint density at radius 3 is 2.96 bits per heavy atom. The normalized spacial score (nSPS) is 23.3. The second kappa shape index (κ2) is 5.54. The highest BCUT2D eigenvalue weighted by atomic mass is 32.2. The number of aromatic nitrogens is 1. The number of rotatable bonds is 2. The maximum Gasteiger partial charge on any atom is 0.245 e. The third-order valence-electron chi connectivity index (χ3n) is 4.98. The van der Waals surface area contributed by atoms with Crippen molar-refractivity contribution in [3.05, 3.63) is 36.0 Å². The van der Waals surface area contributed by atoms with Crippen LogP contribution < -0.4 is 0 Å². The van der Waals surface area contributed by atoms with E-state index in [2.05, 4.69) is 9.88 Å². The number of para-hydroxylation sites is 1. The molecule has 2 aliphatic rings. The molecule has 0 bridgehead atoms. The largest absolute Gasteiger partial charge is 0.298 e. The van der Waals surface area contributed by atoms with Gasteiger partial charge in [-0.1, -0.05) is 12.1 Å². The van der Waals surface area contributed by atoms with Crippen LogP contribution in [0.15, 0.2) is 35.4 Å². The first kappa shape index (κ1) is 15.1. The van der Waals surface area contributed by atoms with Gasteiger partial charge in [0.2, 0.25) is 10.0 Å². The second-order valence-corrected chi connectivity index (χ2v) is 8.44. The summed E-state index contributed by atoms with van der Waals surface area (Å²) in [5.41, 5.74) is 1.61. The van der Waals surface area contributed by atoms with E-state index in [9.17, 15) is 8.42 Å². The van der Waals surface area contributed by atoms with Crippen molar-refractivity contribution in [2.75, 3.05) is 26.2 Å². The minimum Gasteiger partial charge on any atom is -0.298 e. The molecule has 6 heteroatoms. The zero-order valence-electron chi connectivity index (χ0n) is 13.3. The Morgan fingerprint density at radius 1 is 1.22 bits per heavy atom. The molecule has 3 heterocycles. The van der Waals surface area contributed by atoms with E-state index < -0.39 is 10.0 Å². The summed E-state index contributed by atoms with van der Waals surface area (Å²) >= 11 is 0. The van der Waals surface area contributed by atoms with Crippen molar-refractivity contribution in [3.63, 3.8) is 0 Å². The van der Waals surface area contributed by atoms with E-state index >= 15 is 0 Å². The number of aryl methyl sites for hydroxylation is 1. The van der Waals surface area contributed by atoms with Crippen LogP contribution >= 0.6 is 0 Å². The van der Waals surface area contributed by atoms with Crippen LogP contribution in [0.1, 0.15) is 18.4 Å². The van der Waals surface area contributed by atoms with Crippen LogP contribution in [0.3, 0.4) is 0 Å². The molecule has 2 aromatic rings. The quantitative estimate of drug-likeness (QED) is 0.845. The lowest BCUT2D eigenvalue weighted by Gasteiger charge is -2.36. The number of hydrogen-bond acceptors (Lipinski definition) is 4. The van der Waals surface area contributed by atoms with E-state index in [4.69, 9.17) is 0 Å². The zero-order chi connectivity index (χ0) is 16.0. The minimum atomic E-state index is -3.50. The minimum absolute atomic E-state index is 0.335. The molecule has 2 fully saturated rings. The highest BCUT2D eigenvalue weighted by Gasteiger charge is 2.36. The van der Waals surface area contributed by atoms with Crippen LogP contribution in [0.25, 0.3) is 10.9 Å². The van der Waals surface area contributed by atoms with E-state index in [-0.39, 0.29) is 0 Å². The third kappa shape index (κ3) is 2.55. The van der Waals surface area contributed by atoms with E-state index in [1.165, 1.54) is 6.42 Å². The number of fused-ring (bicyclic) bond motifs is 2. The van der Waals surface area contributed by atoms with Crippen LogP contribution in [0.5, 0.6) is 0 Å². The molecule has 1 aromatic carbocycles. The van der Waals surface area contributed by atoms with Crippen LogP contribution in [0.4, 0.5) is 0 Å². The molecular formula is C17H21N3O2S. The first-order valence-corrected chi connectivity index (χ1v) is 9.59. The number of hydrogen-bond donors (Lipinski definition) is 0. The Morgan fingerprint density at radius 2 is 2.09 bits per heavy atom. The lowest BCUT2D eigenvalue weighted by atomic mass is 10.2. The van der Waals surface area contributed by atoms with E-state index in [1.54, 1.807) is 16.6 Å². The summed E-state index contributed by atoms with van der Waals surface area (Å²) in [6, 6.07) is 7.77. The van der Waals surface area contributed by atoms with Crippen LogP contribution in [0.2, 0.25) is 0 Å². The molecule has 4 rings (SSSR count). The van der Waals surface area contributed by atoms with Gasteiger partial charge in [-0.05, 0) is 44.0 Å². The summed E-state index contributed by atoms with van der Waals surface area (Å²) in [6.45, 7) is 5.08. The van der Waals surface area contributed by atoms with Crippen LogP contribution in [-0.4, -0.2) is 54.8 Å². The topological polar surface area (TPSA) is 53.5 Å². The summed E-state index contributed by atoms with van der Waals surface area (Å²) in [4.78, 5) is 7.14. The number of pyridine rings is 1. The van der Waals surface area contributed by atoms with Crippen molar-refractivity contribution in [1.82, 2.24) is 14.2 Å². The van der Waals surface area contributed by atoms with Gasteiger partial charge in [0, 0.05) is 37.3 Å². The van der Waals surface area contributed by atoms with Crippen molar-refractivity contribution in [3.8, 4) is 0 Å². The summed E-state index contributed by atoms with van der Waals surface area (Å²) in [5.74, 6) is 0. The number of benzene rings is 1. The number of piperazine rings is 1. The Bertz CT molecular complexity index is 850. The standard InChI is InChI=1S/C17H21N3O2S/c1-13-10-14-4-2-6-16(17(14)18-11-13)23(21,22)20-9-8-19-7-3-5-15(19)12-20/h2,4,6,10-11,15H,3,5,7-9,12H2,1H3. The van der Waals surface area contributed by atoms with E-state index in [0.717, 1.165) is 30.5 Å². The first-order chi connectivity index (χ1) is 11.1. The van der Waals surface area contributed by atoms with Gasteiger partial charge in [-0.15, -0.1) is 0 Å². The van der Waals surface area contributed by atoms with Gasteiger partial charge in [-0.25, -0.2) is 8.42 Å². The Kier molecular flexibility index (Phi) is 3.63. The molecular weight excluding hydrogens is 310 g/mol. The molecule has 0 N–H and O–H groups in total. The Hall–Kier alpha value is -1.50. The predicted molar refractivity (Wildman–Crippen MR) is 89.8 cm³/mol. The molecule has 1 aromatic heterocycles. The molecule has 5 nitrogen and oxygen atoms in total. The molecule has 2 saturated heterocycles. The fraction of sp³-hybridized carbons (Fsp3) is 0.471. The molecule has 0 radical (unpaired) electrons. The molecule has 0 spiro atoms. The molecule has 0 aliphatic carbocycles. The maximum absolute atomic E-state index is 13.1. The van der Waals surface area contributed by atoms with Gasteiger partial charge in [0.15, 0.2) is 0 Å². The molecule has 1 unspecified atom stereocenters. The highest BCUT2D eigenvalue weighted by molar-refractivity contribution is 7.89. The average Bonchev–Trinajstić information content (AvgIpc) is 3.01. The zero-order valence-corrected chi connectivity index (χ0v) is 14.1. The average molecular weight is 331 g/mol. The summed E-state index contributed by atoms with van der Waals surface area (Å²) in [6.07, 6.45) is 4.00. The van der Waals surface area contributed by atoms with Crippen molar-refractivity contribution in [2.24, 2.45) is 0 Å². The summed E-state index contributed by atoms with van der Waals surface area (Å²) in [5, 5.41) is 0.880. The smallest absolute Gasteiger partial charge is 0.245 e. The summed E-state index contributed by atoms with van der Waals surface area (Å²) < 4.78 is 27.9. The maximum atomic E-state index is 13.1. The molecule has 2 aliphatic heterocycles. The van der Waals surface area contributed by atoms with Crippen molar-refractivity contribution in [2.45, 2.75) is 30.7 Å². The van der Waals surface area contributed by atoms with Gasteiger partial charge < -0.3 is 0 Å². The lowest BCUT2D eigenvalue weighted by Crippen LogP contribution is -2.51. The van der Waals surface area contributed by atoms with Gasteiger partial charge in [-0.3, -0.25) is 9.88 Å². The Balaban J connectivity index is 1.74. The van der Waals surface area contributed by atoms with Gasteiger partial charge >= 0.3 is 0 Å². The number of nitrogens with zero attached hydrogens (tertiary/aromatic N) is 3. The molecule has 122 valence electrons. The van der Waals surface area contributed by atoms with Crippen LogP contribution in [0, 0.1) is 6.92 Å². The van der Waals surface area contributed by atoms with Crippen molar-refractivity contribution in [1.29, 1.82) is 0 Å². The fourth-order valence-electron chi connectivity index (χ4n) is 3.77. The van der Waals surface area contributed by atoms with Crippen molar-refractivity contribution < 1.29 is 8.42 Å². The first-order valence-electron chi connectivity index (χ1n) is 8.15. The molecule has 0 amide bonds. The fourth-order valence-corrected chi connectivity index (χ4v) is 5.40. The van der Waals surface area contributed by atoms with Crippen LogP contribution in [-0.2, 0) is 10.0 Å². The monoisotopic (exact) mass is 331 g/mol. The molecule has 0 saturated carbocycles. The van der Waals surface area contributed by atoms with E-state index in [1.807, 2.05) is 25.1 Å². The Labute approximate surface area is 137 Å². The van der Waals surface area contributed by atoms with Gasteiger partial charge in [-0.2, -0.15) is 4.31 Å². The van der Waals surface area contributed by atoms with Gasteiger partial charge in [0.1, 0.15) is 4.90 Å². The van der Waals surface area contributed by atoms with Crippen molar-refractivity contribution >= 4 is 20.9 Å². The third-order valence-corrected chi connectivity index (χ3v) is 6.88. The second-order valence-electron chi connectivity index (χ2n) is 6.54. The molecule has 23 heavy (non-hydrogen) atoms. The van der Waals surface area contributed by atoms with E-state index in [0.29, 0.717) is 29.5 Å². The highest BCUT2D eigenvalue weighted by Crippen LogP contribution is 2.29. The summed E-state index contributed by atoms with van der Waals surface area (Å²) in [7, 11) is -3.50. The lowest BCUT2D eigenvalue weighted by molar-refractivity contribution is 0.158.